The van der Waals surface area contributed by atoms with E-state index in [1.54, 1.807) is 0 Å². The van der Waals surface area contributed by atoms with E-state index in [0.29, 0.717) is 6.29 Å². The van der Waals surface area contributed by atoms with Crippen LogP contribution in [-0.4, -0.2) is 22.9 Å². The van der Waals surface area contributed by atoms with Crippen LogP contribution in [0.2, 0.25) is 0 Å². The fourth-order valence-electron chi connectivity index (χ4n) is 3.10. The third-order valence-electron chi connectivity index (χ3n) is 4.63. The van der Waals surface area contributed by atoms with Crippen molar-refractivity contribution >= 4 is 35.1 Å². The Morgan fingerprint density at radius 1 is 1.24 bits per heavy atom. The molecule has 0 spiro atoms. The summed E-state index contributed by atoms with van der Waals surface area (Å²) in [6.45, 7) is 1.44. The van der Waals surface area contributed by atoms with Crippen LogP contribution in [0.4, 0.5) is 13.2 Å². The summed E-state index contributed by atoms with van der Waals surface area (Å²) in [4.78, 5) is 27.9. The van der Waals surface area contributed by atoms with E-state index in [2.05, 4.69) is 10.3 Å². The number of carbonyl (C=O) groups excluding carboxylic acids is 2. The lowest BCUT2D eigenvalue weighted by molar-refractivity contribution is -0.105. The summed E-state index contributed by atoms with van der Waals surface area (Å²) in [5.74, 6) is -4.25. The molecular weight excluding hydrogens is 405 g/mol. The molecule has 0 bridgehead atoms. The van der Waals surface area contributed by atoms with Crippen molar-refractivity contribution in [3.8, 4) is 0 Å². The number of benzene rings is 2. The van der Waals surface area contributed by atoms with Crippen LogP contribution in [0, 0.1) is 24.4 Å². The quantitative estimate of drug-likeness (QED) is 0.643. The number of aromatic nitrogens is 1. The lowest BCUT2D eigenvalue weighted by Crippen LogP contribution is -2.22. The van der Waals surface area contributed by atoms with Crippen molar-refractivity contribution in [3.05, 3.63) is 75.4 Å². The zero-order valence-corrected chi connectivity index (χ0v) is 15.8. The first-order valence-electron chi connectivity index (χ1n) is 8.53. The average molecular weight is 418 g/mol. The molecule has 4 rings (SSSR count). The van der Waals surface area contributed by atoms with Gasteiger partial charge < -0.3 is 9.73 Å². The van der Waals surface area contributed by atoms with Gasteiger partial charge in [0.15, 0.2) is 23.0 Å². The van der Waals surface area contributed by atoms with E-state index in [1.807, 2.05) is 0 Å². The number of carbonyl (C=O) groups is 2. The van der Waals surface area contributed by atoms with Crippen LogP contribution >= 0.6 is 11.8 Å². The summed E-state index contributed by atoms with van der Waals surface area (Å²) < 4.78 is 47.3. The van der Waals surface area contributed by atoms with Gasteiger partial charge in [-0.25, -0.2) is 18.2 Å². The Morgan fingerprint density at radius 2 is 2.03 bits per heavy atom. The van der Waals surface area contributed by atoms with Gasteiger partial charge in [-0.15, -0.1) is 11.8 Å². The van der Waals surface area contributed by atoms with E-state index in [0.717, 1.165) is 11.8 Å². The minimum atomic E-state index is -1.02. The third kappa shape index (κ3) is 3.31. The van der Waals surface area contributed by atoms with Crippen molar-refractivity contribution in [2.75, 3.05) is 5.75 Å². The number of para-hydroxylation sites is 1. The minimum absolute atomic E-state index is 0.0379. The molecule has 0 radical (unpaired) electrons. The first-order chi connectivity index (χ1) is 13.9. The lowest BCUT2D eigenvalue weighted by Gasteiger charge is -2.13. The zero-order valence-electron chi connectivity index (χ0n) is 15.0. The molecule has 9 heteroatoms. The minimum Gasteiger partial charge on any atom is -0.432 e. The highest BCUT2D eigenvalue weighted by atomic mass is 32.2. The van der Waals surface area contributed by atoms with Crippen molar-refractivity contribution in [3.63, 3.8) is 0 Å². The number of hydrogen-bond acceptors (Lipinski definition) is 5. The molecule has 2 heterocycles. The van der Waals surface area contributed by atoms with Crippen LogP contribution < -0.4 is 5.32 Å². The van der Waals surface area contributed by atoms with E-state index in [4.69, 9.17) is 4.42 Å². The predicted molar refractivity (Wildman–Crippen MR) is 101 cm³/mol. The molecule has 0 saturated heterocycles. The van der Waals surface area contributed by atoms with Crippen LogP contribution in [0.15, 0.2) is 45.4 Å². The van der Waals surface area contributed by atoms with Gasteiger partial charge in [0, 0.05) is 17.2 Å². The molecule has 0 aliphatic carbocycles. The van der Waals surface area contributed by atoms with E-state index in [9.17, 15) is 22.8 Å². The molecule has 1 amide bonds. The summed E-state index contributed by atoms with van der Waals surface area (Å²) in [5.41, 5.74) is 0.333. The largest absolute Gasteiger partial charge is 0.432 e. The number of nitrogens with one attached hydrogen (secondary N) is 1. The van der Waals surface area contributed by atoms with E-state index >= 15 is 0 Å². The molecular formula is C20H13F3N2O3S. The number of oxazole rings is 1. The molecule has 0 fully saturated rings. The number of aldehydes is 1. The number of aryl methyl sites for hydroxylation is 1. The van der Waals surface area contributed by atoms with Gasteiger partial charge in [0.1, 0.15) is 11.8 Å². The Bertz CT molecular complexity index is 1190. The standard InChI is InChI=1S/C20H13F3N2O3S/c1-9-5-6-10(16(23)15(9)22)12-8-29-20(11(12)7-26)25-18(27)19-24-17-13(21)3-2-4-14(17)28-19/h2-7,12H,8H2,1H3,(H,25,27). The molecule has 1 unspecified atom stereocenters. The van der Waals surface area contributed by atoms with Crippen molar-refractivity contribution in [1.82, 2.24) is 10.3 Å². The molecule has 148 valence electrons. The number of thioether (sulfide) groups is 1. The van der Waals surface area contributed by atoms with Crippen LogP contribution in [0.5, 0.6) is 0 Å². The third-order valence-corrected chi connectivity index (χ3v) is 5.76. The van der Waals surface area contributed by atoms with Crippen LogP contribution in [-0.2, 0) is 4.79 Å². The lowest BCUT2D eigenvalue weighted by atomic mass is 9.92. The van der Waals surface area contributed by atoms with Gasteiger partial charge in [-0.05, 0) is 30.2 Å². The first kappa shape index (κ1) is 19.3. The highest BCUT2D eigenvalue weighted by molar-refractivity contribution is 8.03. The van der Waals surface area contributed by atoms with Crippen LogP contribution in [0.3, 0.4) is 0 Å². The number of halogens is 3. The molecule has 1 aliphatic heterocycles. The number of fused-ring (bicyclic) bond motifs is 1. The Hall–Kier alpha value is -3.07. The second-order valence-electron chi connectivity index (χ2n) is 6.43. The van der Waals surface area contributed by atoms with Gasteiger partial charge >= 0.3 is 5.91 Å². The van der Waals surface area contributed by atoms with Crippen molar-refractivity contribution < 1.29 is 27.2 Å². The second kappa shape index (κ2) is 7.40. The number of nitrogens with zero attached hydrogens (tertiary/aromatic N) is 1. The summed E-state index contributed by atoms with van der Waals surface area (Å²) >= 11 is 1.11. The molecule has 1 aliphatic rings. The molecule has 1 N–H and O–H groups in total. The summed E-state index contributed by atoms with van der Waals surface area (Å²) in [7, 11) is 0. The number of amides is 1. The van der Waals surface area contributed by atoms with Gasteiger partial charge in [0.2, 0.25) is 0 Å². The molecule has 5 nitrogen and oxygen atoms in total. The summed E-state index contributed by atoms with van der Waals surface area (Å²) in [5, 5.41) is 2.69. The summed E-state index contributed by atoms with van der Waals surface area (Å²) in [6.07, 6.45) is 0.503. The van der Waals surface area contributed by atoms with Gasteiger partial charge in [0.05, 0.1) is 5.03 Å². The molecule has 0 saturated carbocycles. The van der Waals surface area contributed by atoms with Crippen molar-refractivity contribution in [1.29, 1.82) is 0 Å². The fourth-order valence-corrected chi connectivity index (χ4v) is 4.31. The highest BCUT2D eigenvalue weighted by Gasteiger charge is 2.32. The normalized spacial score (nSPS) is 16.5. The second-order valence-corrected chi connectivity index (χ2v) is 7.46. The number of rotatable bonds is 4. The zero-order chi connectivity index (χ0) is 20.7. The van der Waals surface area contributed by atoms with Crippen LogP contribution in [0.1, 0.15) is 27.7 Å². The molecule has 3 aromatic rings. The SMILES string of the molecule is Cc1ccc(C2CSC(NC(=O)c3nc4c(F)cccc4o3)=C2C=O)c(F)c1F. The van der Waals surface area contributed by atoms with Crippen molar-refractivity contribution in [2.24, 2.45) is 0 Å². The fraction of sp³-hybridized carbons (Fsp3) is 0.150. The Kier molecular flexibility index (Phi) is 4.91. The van der Waals surface area contributed by atoms with Gasteiger partial charge in [0.25, 0.3) is 5.89 Å². The topological polar surface area (TPSA) is 72.2 Å². The van der Waals surface area contributed by atoms with E-state index < -0.39 is 29.3 Å². The summed E-state index contributed by atoms with van der Waals surface area (Å²) in [6, 6.07) is 6.94. The maximum absolute atomic E-state index is 14.4. The number of allylic oxidation sites excluding steroid dienone is 1. The van der Waals surface area contributed by atoms with Gasteiger partial charge in [-0.1, -0.05) is 18.2 Å². The first-order valence-corrected chi connectivity index (χ1v) is 9.52. The van der Waals surface area contributed by atoms with E-state index in [-0.39, 0.29) is 44.5 Å². The molecule has 1 atom stereocenters. The highest BCUT2D eigenvalue weighted by Crippen LogP contribution is 2.41. The molecule has 1 aromatic heterocycles. The monoisotopic (exact) mass is 418 g/mol. The maximum atomic E-state index is 14.4. The molecule has 29 heavy (non-hydrogen) atoms. The smallest absolute Gasteiger partial charge is 0.311 e. The Morgan fingerprint density at radius 3 is 2.76 bits per heavy atom. The Balaban J connectivity index is 1.64. The van der Waals surface area contributed by atoms with Gasteiger partial charge in [-0.3, -0.25) is 9.59 Å². The van der Waals surface area contributed by atoms with Crippen LogP contribution in [0.25, 0.3) is 11.1 Å². The predicted octanol–water partition coefficient (Wildman–Crippen LogP) is 4.22. The number of hydrogen-bond donors (Lipinski definition) is 1. The van der Waals surface area contributed by atoms with E-state index in [1.165, 1.54) is 37.3 Å². The Labute approximate surface area is 167 Å². The van der Waals surface area contributed by atoms with Gasteiger partial charge in [-0.2, -0.15) is 0 Å². The maximum Gasteiger partial charge on any atom is 0.311 e. The average Bonchev–Trinajstić information content (AvgIpc) is 3.31. The van der Waals surface area contributed by atoms with Crippen molar-refractivity contribution in [2.45, 2.75) is 12.8 Å². The molecule has 2 aromatic carbocycles.